The standard InChI is InChI=1S/C18H22N2O/c1-15-6-2-5-9-18(15)21-14-16-7-3-4-8-17(16)20-12-10-19-11-13-20/h2-9,19H,10-14H2,1H3. The van der Waals surface area contributed by atoms with Crippen LogP contribution in [0.15, 0.2) is 48.5 Å². The highest BCUT2D eigenvalue weighted by Gasteiger charge is 2.14. The van der Waals surface area contributed by atoms with Gasteiger partial charge in [-0.05, 0) is 24.6 Å². The number of para-hydroxylation sites is 2. The van der Waals surface area contributed by atoms with E-state index in [4.69, 9.17) is 4.74 Å². The average Bonchev–Trinajstić information content (AvgIpc) is 2.55. The Kier molecular flexibility index (Phi) is 4.41. The van der Waals surface area contributed by atoms with Crippen LogP contribution in [0.1, 0.15) is 11.1 Å². The first-order valence-electron chi connectivity index (χ1n) is 7.56. The maximum absolute atomic E-state index is 6.01. The number of nitrogens with zero attached hydrogens (tertiary/aromatic N) is 1. The number of piperazine rings is 1. The van der Waals surface area contributed by atoms with E-state index < -0.39 is 0 Å². The van der Waals surface area contributed by atoms with Crippen molar-refractivity contribution in [2.24, 2.45) is 0 Å². The van der Waals surface area contributed by atoms with Crippen LogP contribution in [0.3, 0.4) is 0 Å². The molecule has 3 nitrogen and oxygen atoms in total. The predicted octanol–water partition coefficient (Wildman–Crippen LogP) is 2.98. The van der Waals surface area contributed by atoms with Gasteiger partial charge in [-0.25, -0.2) is 0 Å². The Balaban J connectivity index is 1.74. The Hall–Kier alpha value is -2.00. The summed E-state index contributed by atoms with van der Waals surface area (Å²) in [6.07, 6.45) is 0. The van der Waals surface area contributed by atoms with Gasteiger partial charge in [0, 0.05) is 37.4 Å². The summed E-state index contributed by atoms with van der Waals surface area (Å²) in [6, 6.07) is 16.7. The lowest BCUT2D eigenvalue weighted by molar-refractivity contribution is 0.304. The van der Waals surface area contributed by atoms with Gasteiger partial charge in [-0.2, -0.15) is 0 Å². The van der Waals surface area contributed by atoms with Gasteiger partial charge >= 0.3 is 0 Å². The highest BCUT2D eigenvalue weighted by molar-refractivity contribution is 5.54. The Morgan fingerprint density at radius 2 is 1.71 bits per heavy atom. The first-order chi connectivity index (χ1) is 10.3. The molecule has 0 aromatic heterocycles. The van der Waals surface area contributed by atoms with Gasteiger partial charge in [0.05, 0.1) is 0 Å². The normalized spacial score (nSPS) is 15.0. The van der Waals surface area contributed by atoms with E-state index in [1.807, 2.05) is 18.2 Å². The Morgan fingerprint density at radius 3 is 2.52 bits per heavy atom. The fourth-order valence-electron chi connectivity index (χ4n) is 2.72. The number of rotatable bonds is 4. The summed E-state index contributed by atoms with van der Waals surface area (Å²) in [7, 11) is 0. The number of benzene rings is 2. The Morgan fingerprint density at radius 1 is 1.00 bits per heavy atom. The molecule has 1 aliphatic rings. The van der Waals surface area contributed by atoms with Gasteiger partial charge in [-0.15, -0.1) is 0 Å². The highest BCUT2D eigenvalue weighted by Crippen LogP contribution is 2.24. The van der Waals surface area contributed by atoms with E-state index in [-0.39, 0.29) is 0 Å². The van der Waals surface area contributed by atoms with Crippen molar-refractivity contribution >= 4 is 5.69 Å². The fourth-order valence-corrected chi connectivity index (χ4v) is 2.72. The van der Waals surface area contributed by atoms with E-state index in [1.165, 1.54) is 16.8 Å². The van der Waals surface area contributed by atoms with Crippen LogP contribution >= 0.6 is 0 Å². The molecule has 1 saturated heterocycles. The molecule has 0 spiro atoms. The molecule has 0 atom stereocenters. The van der Waals surface area contributed by atoms with E-state index in [1.54, 1.807) is 0 Å². The summed E-state index contributed by atoms with van der Waals surface area (Å²) in [6.45, 7) is 6.91. The quantitative estimate of drug-likeness (QED) is 0.933. The number of aryl methyl sites for hydroxylation is 1. The van der Waals surface area contributed by atoms with Crippen molar-refractivity contribution < 1.29 is 4.74 Å². The summed E-state index contributed by atoms with van der Waals surface area (Å²) in [5, 5.41) is 3.40. The molecule has 3 rings (SSSR count). The number of hydrogen-bond donors (Lipinski definition) is 1. The molecular formula is C18H22N2O. The monoisotopic (exact) mass is 282 g/mol. The van der Waals surface area contributed by atoms with Crippen molar-refractivity contribution in [3.63, 3.8) is 0 Å². The van der Waals surface area contributed by atoms with Gasteiger partial charge in [0.1, 0.15) is 12.4 Å². The van der Waals surface area contributed by atoms with Crippen LogP contribution in [0, 0.1) is 6.92 Å². The molecule has 21 heavy (non-hydrogen) atoms. The van der Waals surface area contributed by atoms with Crippen molar-refractivity contribution in [1.82, 2.24) is 5.32 Å². The van der Waals surface area contributed by atoms with E-state index in [0.717, 1.165) is 31.9 Å². The topological polar surface area (TPSA) is 24.5 Å². The molecule has 3 heteroatoms. The maximum atomic E-state index is 6.01. The van der Waals surface area contributed by atoms with Crippen LogP contribution in [-0.2, 0) is 6.61 Å². The number of nitrogens with one attached hydrogen (secondary N) is 1. The van der Waals surface area contributed by atoms with Crippen LogP contribution in [0.4, 0.5) is 5.69 Å². The third-order valence-corrected chi connectivity index (χ3v) is 3.93. The van der Waals surface area contributed by atoms with Gasteiger partial charge in [-0.3, -0.25) is 0 Å². The minimum absolute atomic E-state index is 0.616. The van der Waals surface area contributed by atoms with Crippen LogP contribution < -0.4 is 15.0 Å². The van der Waals surface area contributed by atoms with E-state index >= 15 is 0 Å². The average molecular weight is 282 g/mol. The lowest BCUT2D eigenvalue weighted by Crippen LogP contribution is -2.43. The second-order valence-corrected chi connectivity index (χ2v) is 5.42. The first-order valence-corrected chi connectivity index (χ1v) is 7.56. The van der Waals surface area contributed by atoms with Crippen LogP contribution in [0.2, 0.25) is 0 Å². The maximum Gasteiger partial charge on any atom is 0.122 e. The van der Waals surface area contributed by atoms with Crippen molar-refractivity contribution in [3.8, 4) is 5.75 Å². The fraction of sp³-hybridized carbons (Fsp3) is 0.333. The van der Waals surface area contributed by atoms with Gasteiger partial charge < -0.3 is 15.0 Å². The van der Waals surface area contributed by atoms with Gasteiger partial charge in [0.25, 0.3) is 0 Å². The molecule has 0 saturated carbocycles. The van der Waals surface area contributed by atoms with Crippen LogP contribution in [0.5, 0.6) is 5.75 Å². The smallest absolute Gasteiger partial charge is 0.122 e. The van der Waals surface area contributed by atoms with Gasteiger partial charge in [0.2, 0.25) is 0 Å². The molecule has 2 aromatic carbocycles. The summed E-state index contributed by atoms with van der Waals surface area (Å²) < 4.78 is 6.01. The zero-order chi connectivity index (χ0) is 14.5. The number of ether oxygens (including phenoxy) is 1. The third kappa shape index (κ3) is 3.37. The zero-order valence-corrected chi connectivity index (χ0v) is 12.5. The summed E-state index contributed by atoms with van der Waals surface area (Å²) in [5.41, 5.74) is 3.73. The summed E-state index contributed by atoms with van der Waals surface area (Å²) >= 11 is 0. The van der Waals surface area contributed by atoms with Crippen molar-refractivity contribution in [1.29, 1.82) is 0 Å². The largest absolute Gasteiger partial charge is 0.489 e. The second-order valence-electron chi connectivity index (χ2n) is 5.42. The Labute approximate surface area is 126 Å². The Bertz CT molecular complexity index is 591. The molecule has 1 fully saturated rings. The predicted molar refractivity (Wildman–Crippen MR) is 87.0 cm³/mol. The molecule has 110 valence electrons. The lowest BCUT2D eigenvalue weighted by atomic mass is 10.1. The SMILES string of the molecule is Cc1ccccc1OCc1ccccc1N1CCNCC1. The molecule has 2 aromatic rings. The van der Waals surface area contributed by atoms with Gasteiger partial charge in [0.15, 0.2) is 0 Å². The van der Waals surface area contributed by atoms with Gasteiger partial charge in [-0.1, -0.05) is 36.4 Å². The zero-order valence-electron chi connectivity index (χ0n) is 12.5. The second kappa shape index (κ2) is 6.64. The molecule has 0 bridgehead atoms. The minimum atomic E-state index is 0.616. The van der Waals surface area contributed by atoms with Crippen molar-refractivity contribution in [2.75, 3.05) is 31.1 Å². The van der Waals surface area contributed by atoms with E-state index in [0.29, 0.717) is 6.61 Å². The third-order valence-electron chi connectivity index (χ3n) is 3.93. The van der Waals surface area contributed by atoms with E-state index in [2.05, 4.69) is 47.5 Å². The van der Waals surface area contributed by atoms with Crippen molar-refractivity contribution in [3.05, 3.63) is 59.7 Å². The van der Waals surface area contributed by atoms with Crippen LogP contribution in [0.25, 0.3) is 0 Å². The number of anilines is 1. The van der Waals surface area contributed by atoms with Crippen molar-refractivity contribution in [2.45, 2.75) is 13.5 Å². The highest BCUT2D eigenvalue weighted by atomic mass is 16.5. The molecule has 0 aliphatic carbocycles. The van der Waals surface area contributed by atoms with Crippen LogP contribution in [-0.4, -0.2) is 26.2 Å². The molecule has 1 aliphatic heterocycles. The number of hydrogen-bond acceptors (Lipinski definition) is 3. The molecule has 1 N–H and O–H groups in total. The molecular weight excluding hydrogens is 260 g/mol. The lowest BCUT2D eigenvalue weighted by Gasteiger charge is -2.31. The molecule has 0 radical (unpaired) electrons. The summed E-state index contributed by atoms with van der Waals surface area (Å²) in [4.78, 5) is 2.44. The minimum Gasteiger partial charge on any atom is -0.489 e. The molecule has 0 amide bonds. The first kappa shape index (κ1) is 14.0. The van der Waals surface area contributed by atoms with E-state index in [9.17, 15) is 0 Å². The molecule has 1 heterocycles. The molecule has 0 unspecified atom stereocenters. The summed E-state index contributed by atoms with van der Waals surface area (Å²) in [5.74, 6) is 0.965.